The SMILES string of the molecule is COC(=O)C(O)c1ccc(CS(C)(=O)=O)cc1. The van der Waals surface area contributed by atoms with Crippen molar-refractivity contribution in [1.29, 1.82) is 0 Å². The van der Waals surface area contributed by atoms with E-state index in [1.807, 2.05) is 0 Å². The molecule has 0 spiro atoms. The monoisotopic (exact) mass is 258 g/mol. The van der Waals surface area contributed by atoms with Gasteiger partial charge in [-0.15, -0.1) is 0 Å². The molecule has 94 valence electrons. The highest BCUT2D eigenvalue weighted by atomic mass is 32.2. The Morgan fingerprint density at radius 3 is 2.29 bits per heavy atom. The van der Waals surface area contributed by atoms with E-state index in [9.17, 15) is 18.3 Å². The fourth-order valence-electron chi connectivity index (χ4n) is 1.35. The van der Waals surface area contributed by atoms with Crippen LogP contribution in [-0.2, 0) is 25.1 Å². The van der Waals surface area contributed by atoms with Gasteiger partial charge in [0.2, 0.25) is 0 Å². The number of hydrogen-bond acceptors (Lipinski definition) is 5. The summed E-state index contributed by atoms with van der Waals surface area (Å²) in [5, 5.41) is 9.52. The molecule has 0 amide bonds. The topological polar surface area (TPSA) is 80.7 Å². The van der Waals surface area contributed by atoms with E-state index in [-0.39, 0.29) is 5.75 Å². The molecule has 0 fully saturated rings. The van der Waals surface area contributed by atoms with Crippen LogP contribution in [0.25, 0.3) is 0 Å². The van der Waals surface area contributed by atoms with E-state index >= 15 is 0 Å². The molecule has 1 unspecified atom stereocenters. The van der Waals surface area contributed by atoms with Crippen molar-refractivity contribution in [3.8, 4) is 0 Å². The molecular formula is C11H14O5S. The number of aliphatic hydroxyl groups is 1. The highest BCUT2D eigenvalue weighted by Gasteiger charge is 2.17. The zero-order valence-electron chi connectivity index (χ0n) is 9.58. The second-order valence-corrected chi connectivity index (χ2v) is 5.88. The number of rotatable bonds is 4. The number of methoxy groups -OCH3 is 1. The molecule has 0 aliphatic heterocycles. The number of benzene rings is 1. The van der Waals surface area contributed by atoms with Gasteiger partial charge in [0.05, 0.1) is 12.9 Å². The third kappa shape index (κ3) is 4.16. The van der Waals surface area contributed by atoms with Crippen molar-refractivity contribution in [3.63, 3.8) is 0 Å². The highest BCUT2D eigenvalue weighted by Crippen LogP contribution is 2.16. The van der Waals surface area contributed by atoms with Crippen molar-refractivity contribution < 1.29 is 23.1 Å². The number of sulfone groups is 1. The fourth-order valence-corrected chi connectivity index (χ4v) is 2.14. The molecular weight excluding hydrogens is 244 g/mol. The van der Waals surface area contributed by atoms with E-state index in [0.29, 0.717) is 11.1 Å². The molecule has 1 atom stereocenters. The van der Waals surface area contributed by atoms with Crippen LogP contribution in [0.2, 0.25) is 0 Å². The lowest BCUT2D eigenvalue weighted by molar-refractivity contribution is -0.150. The quantitative estimate of drug-likeness (QED) is 0.792. The maximum atomic E-state index is 11.1. The molecule has 1 aromatic carbocycles. The minimum Gasteiger partial charge on any atom is -0.467 e. The molecule has 0 aromatic heterocycles. The van der Waals surface area contributed by atoms with Crippen LogP contribution < -0.4 is 0 Å². The van der Waals surface area contributed by atoms with Crippen molar-refractivity contribution in [2.75, 3.05) is 13.4 Å². The van der Waals surface area contributed by atoms with Gasteiger partial charge in [0.25, 0.3) is 0 Å². The van der Waals surface area contributed by atoms with Crippen LogP contribution in [0.15, 0.2) is 24.3 Å². The van der Waals surface area contributed by atoms with Gasteiger partial charge in [0.1, 0.15) is 0 Å². The van der Waals surface area contributed by atoms with Gasteiger partial charge in [-0.1, -0.05) is 24.3 Å². The van der Waals surface area contributed by atoms with Gasteiger partial charge in [-0.2, -0.15) is 0 Å². The van der Waals surface area contributed by atoms with Crippen molar-refractivity contribution in [2.45, 2.75) is 11.9 Å². The number of aliphatic hydroxyl groups excluding tert-OH is 1. The first-order chi connectivity index (χ1) is 7.83. The molecule has 0 bridgehead atoms. The number of carbonyl (C=O) groups is 1. The Balaban J connectivity index is 2.85. The Kier molecular flexibility index (Phi) is 4.25. The molecule has 1 N–H and O–H groups in total. The van der Waals surface area contributed by atoms with E-state index in [1.165, 1.54) is 19.2 Å². The van der Waals surface area contributed by atoms with Crippen LogP contribution in [0.3, 0.4) is 0 Å². The number of ether oxygens (including phenoxy) is 1. The molecule has 0 radical (unpaired) electrons. The van der Waals surface area contributed by atoms with Crippen LogP contribution in [0, 0.1) is 0 Å². The predicted octanol–water partition coefficient (Wildman–Crippen LogP) is 0.438. The van der Waals surface area contributed by atoms with Crippen LogP contribution >= 0.6 is 0 Å². The largest absolute Gasteiger partial charge is 0.467 e. The number of hydrogen-bond donors (Lipinski definition) is 1. The van der Waals surface area contributed by atoms with Crippen molar-refractivity contribution >= 4 is 15.8 Å². The van der Waals surface area contributed by atoms with Crippen LogP contribution in [0.5, 0.6) is 0 Å². The molecule has 0 saturated heterocycles. The Bertz CT molecular complexity index is 489. The molecule has 17 heavy (non-hydrogen) atoms. The molecule has 1 aromatic rings. The third-order valence-electron chi connectivity index (χ3n) is 2.15. The summed E-state index contributed by atoms with van der Waals surface area (Å²) in [6, 6.07) is 6.12. The lowest BCUT2D eigenvalue weighted by Crippen LogP contribution is -2.13. The van der Waals surface area contributed by atoms with Crippen molar-refractivity contribution in [2.24, 2.45) is 0 Å². The third-order valence-corrected chi connectivity index (χ3v) is 3.01. The normalized spacial score (nSPS) is 13.1. The summed E-state index contributed by atoms with van der Waals surface area (Å²) in [6.07, 6.45) is -0.197. The van der Waals surface area contributed by atoms with Gasteiger partial charge in [-0.05, 0) is 11.1 Å². The van der Waals surface area contributed by atoms with Gasteiger partial charge >= 0.3 is 5.97 Å². The van der Waals surface area contributed by atoms with E-state index in [0.717, 1.165) is 6.26 Å². The second-order valence-electron chi connectivity index (χ2n) is 3.74. The standard InChI is InChI=1S/C11H14O5S/c1-16-11(13)10(12)9-5-3-8(4-6-9)7-17(2,14)15/h3-6,10,12H,7H2,1-2H3. The summed E-state index contributed by atoms with van der Waals surface area (Å²) in [5.41, 5.74) is 0.974. The zero-order chi connectivity index (χ0) is 13.1. The van der Waals surface area contributed by atoms with Gasteiger partial charge in [0, 0.05) is 6.26 Å². The van der Waals surface area contributed by atoms with E-state index < -0.39 is 21.9 Å². The smallest absolute Gasteiger partial charge is 0.339 e. The first-order valence-corrected chi connectivity index (χ1v) is 6.92. The van der Waals surface area contributed by atoms with Crippen molar-refractivity contribution in [1.82, 2.24) is 0 Å². The average Bonchev–Trinajstić information content (AvgIpc) is 2.26. The molecule has 0 saturated carbocycles. The number of esters is 1. The highest BCUT2D eigenvalue weighted by molar-refractivity contribution is 7.89. The van der Waals surface area contributed by atoms with E-state index in [4.69, 9.17) is 0 Å². The molecule has 6 heteroatoms. The first-order valence-electron chi connectivity index (χ1n) is 4.86. The first kappa shape index (κ1) is 13.7. The molecule has 0 aliphatic carbocycles. The van der Waals surface area contributed by atoms with Crippen molar-refractivity contribution in [3.05, 3.63) is 35.4 Å². The Labute approximate surface area is 100.0 Å². The van der Waals surface area contributed by atoms with Gasteiger partial charge < -0.3 is 9.84 Å². The van der Waals surface area contributed by atoms with Crippen LogP contribution in [-0.4, -0.2) is 32.9 Å². The molecule has 1 rings (SSSR count). The minimum absolute atomic E-state index is 0.0679. The summed E-state index contributed by atoms with van der Waals surface area (Å²) >= 11 is 0. The number of carbonyl (C=O) groups excluding carboxylic acids is 1. The Morgan fingerprint density at radius 1 is 1.35 bits per heavy atom. The maximum Gasteiger partial charge on any atom is 0.339 e. The summed E-state index contributed by atoms with van der Waals surface area (Å²) in [5.74, 6) is -0.817. The van der Waals surface area contributed by atoms with Gasteiger partial charge in [0.15, 0.2) is 15.9 Å². The van der Waals surface area contributed by atoms with E-state index in [1.54, 1.807) is 12.1 Å². The zero-order valence-corrected chi connectivity index (χ0v) is 10.4. The van der Waals surface area contributed by atoms with Gasteiger partial charge in [-0.3, -0.25) is 0 Å². The summed E-state index contributed by atoms with van der Waals surface area (Å²) in [7, 11) is -1.90. The van der Waals surface area contributed by atoms with Crippen LogP contribution in [0.4, 0.5) is 0 Å². The van der Waals surface area contributed by atoms with Crippen LogP contribution in [0.1, 0.15) is 17.2 Å². The fraction of sp³-hybridized carbons (Fsp3) is 0.364. The molecule has 0 heterocycles. The Morgan fingerprint density at radius 2 is 1.88 bits per heavy atom. The van der Waals surface area contributed by atoms with Gasteiger partial charge in [-0.25, -0.2) is 13.2 Å². The average molecular weight is 258 g/mol. The lowest BCUT2D eigenvalue weighted by Gasteiger charge is -2.09. The minimum atomic E-state index is -3.09. The Hall–Kier alpha value is -1.40. The second kappa shape index (κ2) is 5.29. The summed E-state index contributed by atoms with van der Waals surface area (Å²) < 4.78 is 26.5. The molecule has 0 aliphatic rings. The lowest BCUT2D eigenvalue weighted by atomic mass is 10.1. The molecule has 5 nitrogen and oxygen atoms in total. The predicted molar refractivity (Wildman–Crippen MR) is 62.0 cm³/mol. The van der Waals surface area contributed by atoms with E-state index in [2.05, 4.69) is 4.74 Å². The summed E-state index contributed by atoms with van der Waals surface area (Å²) in [4.78, 5) is 11.1. The maximum absolute atomic E-state index is 11.1. The summed E-state index contributed by atoms with van der Waals surface area (Å²) in [6.45, 7) is 0.